The molecule has 0 bridgehead atoms. The third-order valence-corrected chi connectivity index (χ3v) is 2.93. The molecule has 0 aliphatic heterocycles. The number of amides is 1. The molecule has 2 N–H and O–H groups in total. The summed E-state index contributed by atoms with van der Waals surface area (Å²) >= 11 is 5.75. The van der Waals surface area contributed by atoms with Gasteiger partial charge < -0.3 is 10.4 Å². The number of hydrogen-bond acceptors (Lipinski definition) is 3. The van der Waals surface area contributed by atoms with Gasteiger partial charge in [0.2, 0.25) is 0 Å². The van der Waals surface area contributed by atoms with Gasteiger partial charge in [-0.1, -0.05) is 23.7 Å². The monoisotopic (exact) mass is 276 g/mol. The quantitative estimate of drug-likeness (QED) is 0.848. The summed E-state index contributed by atoms with van der Waals surface area (Å²) in [4.78, 5) is 15.9. The van der Waals surface area contributed by atoms with Crippen LogP contribution < -0.4 is 5.32 Å². The van der Waals surface area contributed by atoms with Crippen LogP contribution in [0.2, 0.25) is 5.15 Å². The maximum absolute atomic E-state index is 12.1. The van der Waals surface area contributed by atoms with Crippen LogP contribution >= 0.6 is 11.6 Å². The third-order valence-electron chi connectivity index (χ3n) is 2.72. The first-order chi connectivity index (χ1) is 9.10. The van der Waals surface area contributed by atoms with Crippen LogP contribution in [-0.4, -0.2) is 16.0 Å². The molecule has 2 rings (SSSR count). The second kappa shape index (κ2) is 5.82. The van der Waals surface area contributed by atoms with Gasteiger partial charge >= 0.3 is 0 Å². The highest BCUT2D eigenvalue weighted by Gasteiger charge is 2.09. The highest BCUT2D eigenvalue weighted by atomic mass is 35.5. The van der Waals surface area contributed by atoms with E-state index in [-0.39, 0.29) is 17.7 Å². The number of aliphatic hydroxyl groups excluding tert-OH is 1. The van der Waals surface area contributed by atoms with Crippen LogP contribution in [0.3, 0.4) is 0 Å². The molecule has 0 aliphatic carbocycles. The molecule has 1 heterocycles. The van der Waals surface area contributed by atoms with Crippen LogP contribution in [0.15, 0.2) is 36.5 Å². The molecule has 0 saturated heterocycles. The number of nitrogens with one attached hydrogen (secondary N) is 1. The Labute approximate surface area is 116 Å². The van der Waals surface area contributed by atoms with Crippen molar-refractivity contribution in [1.29, 1.82) is 0 Å². The summed E-state index contributed by atoms with van der Waals surface area (Å²) in [6.45, 7) is 1.82. The molecule has 0 unspecified atom stereocenters. The first-order valence-corrected chi connectivity index (χ1v) is 6.11. The fourth-order valence-corrected chi connectivity index (χ4v) is 1.81. The Hall–Kier alpha value is -1.91. The zero-order valence-electron chi connectivity index (χ0n) is 10.4. The van der Waals surface area contributed by atoms with Crippen molar-refractivity contribution in [1.82, 2.24) is 4.98 Å². The van der Waals surface area contributed by atoms with Crippen molar-refractivity contribution in [3.05, 3.63) is 58.4 Å². The van der Waals surface area contributed by atoms with Gasteiger partial charge in [0, 0.05) is 17.4 Å². The van der Waals surface area contributed by atoms with Crippen LogP contribution in [0, 0.1) is 6.92 Å². The molecule has 1 amide bonds. The summed E-state index contributed by atoms with van der Waals surface area (Å²) < 4.78 is 0. The maximum atomic E-state index is 12.1. The minimum atomic E-state index is -0.262. The molecule has 1 aromatic heterocycles. The van der Waals surface area contributed by atoms with Crippen LogP contribution in [-0.2, 0) is 6.61 Å². The molecule has 4 nitrogen and oxygen atoms in total. The van der Waals surface area contributed by atoms with Gasteiger partial charge in [-0.25, -0.2) is 4.98 Å². The number of pyridine rings is 1. The van der Waals surface area contributed by atoms with Gasteiger partial charge in [-0.05, 0) is 36.2 Å². The molecule has 0 atom stereocenters. The number of hydrogen-bond donors (Lipinski definition) is 2. The van der Waals surface area contributed by atoms with E-state index in [1.54, 1.807) is 12.1 Å². The largest absolute Gasteiger partial charge is 0.392 e. The van der Waals surface area contributed by atoms with E-state index < -0.39 is 0 Å². The number of anilines is 1. The van der Waals surface area contributed by atoms with Crippen LogP contribution in [0.5, 0.6) is 0 Å². The van der Waals surface area contributed by atoms with E-state index in [1.165, 1.54) is 12.3 Å². The Morgan fingerprint density at radius 1 is 1.37 bits per heavy atom. The van der Waals surface area contributed by atoms with E-state index in [4.69, 9.17) is 16.7 Å². The van der Waals surface area contributed by atoms with Crippen LogP contribution in [0.25, 0.3) is 0 Å². The van der Waals surface area contributed by atoms with Gasteiger partial charge in [0.25, 0.3) is 5.91 Å². The van der Waals surface area contributed by atoms with Gasteiger partial charge in [-0.15, -0.1) is 0 Å². The summed E-state index contributed by atoms with van der Waals surface area (Å²) in [5.74, 6) is -0.262. The Bertz CT molecular complexity index is 614. The summed E-state index contributed by atoms with van der Waals surface area (Å²) in [5.41, 5.74) is 2.78. The number of nitrogens with zero attached hydrogens (tertiary/aromatic N) is 1. The molecule has 1 aromatic carbocycles. The Morgan fingerprint density at radius 3 is 2.84 bits per heavy atom. The van der Waals surface area contributed by atoms with E-state index >= 15 is 0 Å². The Balaban J connectivity index is 2.23. The van der Waals surface area contributed by atoms with Crippen molar-refractivity contribution < 1.29 is 9.90 Å². The lowest BCUT2D eigenvalue weighted by Gasteiger charge is -2.10. The smallest absolute Gasteiger partial charge is 0.255 e. The summed E-state index contributed by atoms with van der Waals surface area (Å²) in [6, 6.07) is 8.50. The number of aromatic nitrogens is 1. The predicted octanol–water partition coefficient (Wildman–Crippen LogP) is 2.79. The highest BCUT2D eigenvalue weighted by molar-refractivity contribution is 6.29. The number of rotatable bonds is 3. The number of aryl methyl sites for hydroxylation is 1. The van der Waals surface area contributed by atoms with E-state index in [2.05, 4.69) is 10.3 Å². The summed E-state index contributed by atoms with van der Waals surface area (Å²) in [5, 5.41) is 12.2. The Morgan fingerprint density at radius 2 is 2.16 bits per heavy atom. The molecule has 2 aromatic rings. The molecule has 5 heteroatoms. The standard InChI is InChI=1S/C14H13ClN2O2/c1-9-2-3-10(8-18)6-12(9)17-14(19)11-4-5-16-13(15)7-11/h2-7,18H,8H2,1H3,(H,17,19). The normalized spacial score (nSPS) is 10.3. The lowest BCUT2D eigenvalue weighted by molar-refractivity contribution is 0.102. The van der Waals surface area contributed by atoms with Crippen molar-refractivity contribution in [2.45, 2.75) is 13.5 Å². The maximum Gasteiger partial charge on any atom is 0.255 e. The highest BCUT2D eigenvalue weighted by Crippen LogP contribution is 2.18. The topological polar surface area (TPSA) is 62.2 Å². The van der Waals surface area contributed by atoms with Crippen LogP contribution in [0.1, 0.15) is 21.5 Å². The molecule has 0 aliphatic rings. The zero-order valence-corrected chi connectivity index (χ0v) is 11.1. The molecular weight excluding hydrogens is 264 g/mol. The van der Waals surface area contributed by atoms with E-state index in [0.29, 0.717) is 11.3 Å². The van der Waals surface area contributed by atoms with E-state index in [0.717, 1.165) is 11.1 Å². The molecular formula is C14H13ClN2O2. The average molecular weight is 277 g/mol. The molecule has 0 saturated carbocycles. The van der Waals surface area contributed by atoms with Gasteiger partial charge in [0.05, 0.1) is 6.61 Å². The Kier molecular flexibility index (Phi) is 4.14. The molecule has 98 valence electrons. The number of carbonyl (C=O) groups is 1. The lowest BCUT2D eigenvalue weighted by Crippen LogP contribution is -2.13. The number of aliphatic hydroxyl groups is 1. The zero-order chi connectivity index (χ0) is 13.8. The van der Waals surface area contributed by atoms with Crippen molar-refractivity contribution in [2.24, 2.45) is 0 Å². The fraction of sp³-hybridized carbons (Fsp3) is 0.143. The van der Waals surface area contributed by atoms with Crippen LogP contribution in [0.4, 0.5) is 5.69 Å². The van der Waals surface area contributed by atoms with Crippen molar-refractivity contribution >= 4 is 23.2 Å². The SMILES string of the molecule is Cc1ccc(CO)cc1NC(=O)c1ccnc(Cl)c1. The molecule has 0 fully saturated rings. The van der Waals surface area contributed by atoms with Crippen molar-refractivity contribution in [3.8, 4) is 0 Å². The fourth-order valence-electron chi connectivity index (χ4n) is 1.64. The van der Waals surface area contributed by atoms with Gasteiger partial charge in [-0.3, -0.25) is 4.79 Å². The van der Waals surface area contributed by atoms with Gasteiger partial charge in [-0.2, -0.15) is 0 Å². The van der Waals surface area contributed by atoms with Crippen molar-refractivity contribution in [3.63, 3.8) is 0 Å². The summed E-state index contributed by atoms with van der Waals surface area (Å²) in [6.07, 6.45) is 1.48. The van der Waals surface area contributed by atoms with Gasteiger partial charge in [0.1, 0.15) is 5.15 Å². The lowest BCUT2D eigenvalue weighted by atomic mass is 10.1. The molecule has 0 radical (unpaired) electrons. The minimum absolute atomic E-state index is 0.0652. The van der Waals surface area contributed by atoms with E-state index in [1.807, 2.05) is 19.1 Å². The number of halogens is 1. The summed E-state index contributed by atoms with van der Waals surface area (Å²) in [7, 11) is 0. The molecule has 19 heavy (non-hydrogen) atoms. The number of carbonyl (C=O) groups excluding carboxylic acids is 1. The predicted molar refractivity (Wildman–Crippen MR) is 74.3 cm³/mol. The first-order valence-electron chi connectivity index (χ1n) is 5.73. The minimum Gasteiger partial charge on any atom is -0.392 e. The average Bonchev–Trinajstić information content (AvgIpc) is 2.41. The second-order valence-electron chi connectivity index (χ2n) is 4.13. The second-order valence-corrected chi connectivity index (χ2v) is 4.52. The van der Waals surface area contributed by atoms with E-state index in [9.17, 15) is 4.79 Å². The first kappa shape index (κ1) is 13.5. The van der Waals surface area contributed by atoms with Gasteiger partial charge in [0.15, 0.2) is 0 Å². The van der Waals surface area contributed by atoms with Crippen molar-refractivity contribution in [2.75, 3.05) is 5.32 Å². The number of benzene rings is 1. The molecule has 0 spiro atoms. The third kappa shape index (κ3) is 3.30.